The van der Waals surface area contributed by atoms with Crippen molar-refractivity contribution in [2.24, 2.45) is 0 Å². The number of amides is 1. The molecule has 0 aliphatic rings. The zero-order chi connectivity index (χ0) is 41.9. The van der Waals surface area contributed by atoms with Crippen LogP contribution in [-0.2, 0) is 19.1 Å². The number of rotatable bonds is 42. The number of carbonyl (C=O) groups is 3. The monoisotopic (exact) mass is 824 g/mol. The third kappa shape index (κ3) is 40.7. The summed E-state index contributed by atoms with van der Waals surface area (Å²) in [6, 6.07) is 0. The fourth-order valence-corrected chi connectivity index (χ4v) is 7.60. The van der Waals surface area contributed by atoms with Gasteiger partial charge in [0.2, 0.25) is 0 Å². The molecule has 9 heteroatoms. The third-order valence-electron chi connectivity index (χ3n) is 10.6. The minimum absolute atomic E-state index is 0.0935. The molecule has 8 nitrogen and oxygen atoms in total. The van der Waals surface area contributed by atoms with Crippen LogP contribution >= 0.6 is 11.8 Å². The zero-order valence-corrected chi connectivity index (χ0v) is 38.6. The van der Waals surface area contributed by atoms with Crippen molar-refractivity contribution in [3.63, 3.8) is 0 Å². The van der Waals surface area contributed by atoms with E-state index in [1.54, 1.807) is 4.90 Å². The highest BCUT2D eigenvalue weighted by molar-refractivity contribution is 8.13. The Morgan fingerprint density at radius 1 is 0.526 bits per heavy atom. The van der Waals surface area contributed by atoms with Crippen molar-refractivity contribution in [2.75, 3.05) is 65.8 Å². The maximum absolute atomic E-state index is 13.2. The lowest BCUT2D eigenvalue weighted by molar-refractivity contribution is -0.890. The number of likely N-dealkylation sites (N-methyl/N-ethyl adjacent to an activating group) is 1. The van der Waals surface area contributed by atoms with Gasteiger partial charge in [0.15, 0.2) is 0 Å². The first kappa shape index (κ1) is 55.2. The number of allylic oxidation sites excluding steroid dienone is 4. The van der Waals surface area contributed by atoms with E-state index in [4.69, 9.17) is 9.47 Å². The molecule has 57 heavy (non-hydrogen) atoms. The average molecular weight is 824 g/mol. The fourth-order valence-electron chi connectivity index (χ4n) is 6.78. The van der Waals surface area contributed by atoms with Crippen LogP contribution in [0.25, 0.3) is 0 Å². The molecule has 0 heterocycles. The van der Waals surface area contributed by atoms with Crippen LogP contribution in [0, 0.1) is 0 Å². The zero-order valence-electron chi connectivity index (χ0n) is 37.8. The molecule has 0 saturated carbocycles. The van der Waals surface area contributed by atoms with Crippen molar-refractivity contribution in [1.82, 2.24) is 4.90 Å². The number of esters is 2. The first-order valence-corrected chi connectivity index (χ1v) is 24.7. The normalized spacial score (nSPS) is 11.9. The van der Waals surface area contributed by atoms with E-state index in [-0.39, 0.29) is 50.1 Å². The molecule has 0 bridgehead atoms. The predicted octanol–water partition coefficient (Wildman–Crippen LogP) is 12.8. The molecule has 0 fully saturated rings. The Morgan fingerprint density at radius 2 is 0.895 bits per heavy atom. The number of thioether (sulfide) groups is 1. The number of unbranched alkanes of at least 4 members (excludes halogenated alkanes) is 22. The number of quaternary nitrogens is 1. The topological polar surface area (TPSA) is 93.1 Å². The number of nitrogens with zero attached hydrogens (tertiary/aromatic N) is 2. The van der Waals surface area contributed by atoms with Gasteiger partial charge < -0.3 is 24.0 Å². The number of hydrogen-bond acceptors (Lipinski definition) is 7. The molecule has 0 aromatic heterocycles. The molecule has 0 spiro atoms. The Bertz CT molecular complexity index is 930. The number of ether oxygens (including phenoxy) is 2. The van der Waals surface area contributed by atoms with E-state index in [1.807, 2.05) is 0 Å². The van der Waals surface area contributed by atoms with Crippen LogP contribution in [0.4, 0.5) is 4.79 Å². The molecule has 334 valence electrons. The SMILES string of the molecule is CCCCCCCC/C=C/CCCCCCCC(=O)OCCN(CCOC(=O)CCCCCCC/C=C/CCCCCCCC)C(=O)SCCC[N+](C)(C)CCO. The van der Waals surface area contributed by atoms with Gasteiger partial charge in [0, 0.05) is 25.0 Å². The van der Waals surface area contributed by atoms with Crippen LogP contribution in [0.15, 0.2) is 24.3 Å². The van der Waals surface area contributed by atoms with E-state index in [9.17, 15) is 19.5 Å². The van der Waals surface area contributed by atoms with E-state index >= 15 is 0 Å². The Morgan fingerprint density at radius 3 is 1.28 bits per heavy atom. The Hall–Kier alpha value is -1.84. The van der Waals surface area contributed by atoms with E-state index in [1.165, 1.54) is 127 Å². The van der Waals surface area contributed by atoms with Gasteiger partial charge in [-0.25, -0.2) is 0 Å². The number of aliphatic hydroxyl groups is 1. The second-order valence-corrected chi connectivity index (χ2v) is 17.7. The fraction of sp³-hybridized carbons (Fsp3) is 0.854. The molecular weight excluding hydrogens is 733 g/mol. The number of carbonyl (C=O) groups excluding carboxylic acids is 3. The van der Waals surface area contributed by atoms with Gasteiger partial charge >= 0.3 is 11.9 Å². The molecule has 1 amide bonds. The molecule has 1 N–H and O–H groups in total. The first-order chi connectivity index (χ1) is 27.8. The number of aliphatic hydroxyl groups excluding tert-OH is 1. The van der Waals surface area contributed by atoms with Crippen molar-refractivity contribution in [2.45, 2.75) is 200 Å². The van der Waals surface area contributed by atoms with Gasteiger partial charge in [-0.3, -0.25) is 14.4 Å². The third-order valence-corrected chi connectivity index (χ3v) is 11.6. The van der Waals surface area contributed by atoms with Crippen LogP contribution in [0.1, 0.15) is 200 Å². The highest BCUT2D eigenvalue weighted by atomic mass is 32.2. The van der Waals surface area contributed by atoms with Gasteiger partial charge in [-0.2, -0.15) is 0 Å². The molecule has 0 aromatic rings. The van der Waals surface area contributed by atoms with E-state index in [0.717, 1.165) is 64.3 Å². The smallest absolute Gasteiger partial charge is 0.305 e. The van der Waals surface area contributed by atoms with Gasteiger partial charge in [0.1, 0.15) is 19.8 Å². The molecule has 0 aromatic carbocycles. The van der Waals surface area contributed by atoms with Gasteiger partial charge in [0.25, 0.3) is 5.24 Å². The van der Waals surface area contributed by atoms with Crippen LogP contribution in [0.2, 0.25) is 0 Å². The summed E-state index contributed by atoms with van der Waals surface area (Å²) in [7, 11) is 4.15. The van der Waals surface area contributed by atoms with Gasteiger partial charge in [-0.1, -0.05) is 153 Å². The number of hydrogen-bond donors (Lipinski definition) is 1. The maximum Gasteiger partial charge on any atom is 0.305 e. The molecule has 0 saturated heterocycles. The molecule has 0 aliphatic heterocycles. The second kappa shape index (κ2) is 42.3. The maximum atomic E-state index is 13.2. The highest BCUT2D eigenvalue weighted by Crippen LogP contribution is 2.15. The van der Waals surface area contributed by atoms with Crippen LogP contribution in [0.5, 0.6) is 0 Å². The lowest BCUT2D eigenvalue weighted by atomic mass is 10.1. The first-order valence-electron chi connectivity index (χ1n) is 23.7. The van der Waals surface area contributed by atoms with Crippen molar-refractivity contribution in [3.05, 3.63) is 24.3 Å². The molecular formula is C48H91N2O6S+. The average Bonchev–Trinajstić information content (AvgIpc) is 3.18. The van der Waals surface area contributed by atoms with Crippen LogP contribution in [-0.4, -0.2) is 97.5 Å². The second-order valence-electron chi connectivity index (χ2n) is 16.7. The van der Waals surface area contributed by atoms with Crippen molar-refractivity contribution < 1.29 is 33.4 Å². The van der Waals surface area contributed by atoms with Gasteiger partial charge in [-0.15, -0.1) is 0 Å². The Kier molecular flexibility index (Phi) is 40.9. The van der Waals surface area contributed by atoms with E-state index < -0.39 is 0 Å². The highest BCUT2D eigenvalue weighted by Gasteiger charge is 2.18. The minimum Gasteiger partial charge on any atom is -0.464 e. The molecule has 0 atom stereocenters. The van der Waals surface area contributed by atoms with Crippen molar-refractivity contribution in [3.8, 4) is 0 Å². The molecule has 0 radical (unpaired) electrons. The van der Waals surface area contributed by atoms with Gasteiger partial charge in [-0.05, 0) is 64.2 Å². The summed E-state index contributed by atoms with van der Waals surface area (Å²) in [5.41, 5.74) is 0. The van der Waals surface area contributed by atoms with Crippen molar-refractivity contribution >= 4 is 28.9 Å². The minimum atomic E-state index is -0.219. The predicted molar refractivity (Wildman–Crippen MR) is 244 cm³/mol. The lowest BCUT2D eigenvalue weighted by Gasteiger charge is -2.29. The van der Waals surface area contributed by atoms with E-state index in [2.05, 4.69) is 52.2 Å². The summed E-state index contributed by atoms with van der Waals surface area (Å²) in [5.74, 6) is 0.221. The summed E-state index contributed by atoms with van der Waals surface area (Å²) in [4.78, 5) is 39.7. The van der Waals surface area contributed by atoms with Crippen molar-refractivity contribution in [1.29, 1.82) is 0 Å². The lowest BCUT2D eigenvalue weighted by Crippen LogP contribution is -2.43. The standard InChI is InChI=1S/C48H91N2O6S/c1-5-7-9-11-13-15-17-19-21-23-25-27-29-31-33-36-46(52)55-43-38-49(48(54)57-45-35-40-50(3,4)41-42-51)39-44-56-47(53)37-34-32-30-28-26-24-22-20-18-16-14-12-10-8-6-2/h19-22,51H,5-18,23-45H2,1-4H3/q+1/b21-19+,22-20+. The van der Waals surface area contributed by atoms with E-state index in [0.29, 0.717) is 29.6 Å². The largest absolute Gasteiger partial charge is 0.464 e. The van der Waals surface area contributed by atoms with Crippen LogP contribution in [0.3, 0.4) is 0 Å². The Balaban J connectivity index is 4.29. The van der Waals surface area contributed by atoms with Crippen LogP contribution < -0.4 is 0 Å². The summed E-state index contributed by atoms with van der Waals surface area (Å²) in [6.45, 7) is 7.03. The van der Waals surface area contributed by atoms with Gasteiger partial charge in [0.05, 0.1) is 40.3 Å². The molecule has 0 aliphatic carbocycles. The summed E-state index contributed by atoms with van der Waals surface area (Å²) < 4.78 is 11.7. The summed E-state index contributed by atoms with van der Waals surface area (Å²) in [6.07, 6.45) is 42.6. The summed E-state index contributed by atoms with van der Waals surface area (Å²) in [5, 5.41) is 9.21. The molecule has 0 rings (SSSR count). The quantitative estimate of drug-likeness (QED) is 0.0284. The molecule has 0 unspecified atom stereocenters. The Labute approximate surface area is 356 Å². The summed E-state index contributed by atoms with van der Waals surface area (Å²) >= 11 is 1.25.